The van der Waals surface area contributed by atoms with Gasteiger partial charge in [0.1, 0.15) is 16.8 Å². The van der Waals surface area contributed by atoms with Crippen LogP contribution < -0.4 is 10.6 Å². The van der Waals surface area contributed by atoms with Gasteiger partial charge < -0.3 is 9.52 Å². The average Bonchev–Trinajstić information content (AvgIpc) is 2.80. The van der Waals surface area contributed by atoms with Crippen molar-refractivity contribution in [2.75, 3.05) is 0 Å². The summed E-state index contributed by atoms with van der Waals surface area (Å²) in [6.45, 7) is 0. The maximum absolute atomic E-state index is 13.7. The summed E-state index contributed by atoms with van der Waals surface area (Å²) in [6.07, 6.45) is 12.1. The Bertz CT molecular complexity index is 1110. The summed E-state index contributed by atoms with van der Waals surface area (Å²) in [5.74, 6) is -1.32. The monoisotopic (exact) mass is 338 g/mol. The van der Waals surface area contributed by atoms with Gasteiger partial charge >= 0.3 is 5.97 Å². The van der Waals surface area contributed by atoms with Crippen LogP contribution >= 0.6 is 11.8 Å². The van der Waals surface area contributed by atoms with Crippen molar-refractivity contribution < 1.29 is 18.7 Å². The Hall–Kier alpha value is -2.79. The molecule has 0 unspecified atom stereocenters. The number of hydrogen-bond donors (Lipinski definition) is 1. The number of hydrogen-bond acceptors (Lipinski definition) is 3. The lowest BCUT2D eigenvalue weighted by Crippen LogP contribution is -2.22. The zero-order valence-electron chi connectivity index (χ0n) is 12.3. The van der Waals surface area contributed by atoms with Gasteiger partial charge in [0.25, 0.3) is 0 Å². The number of halogens is 1. The second-order valence-corrected chi connectivity index (χ2v) is 6.39. The predicted molar refractivity (Wildman–Crippen MR) is 93.0 cm³/mol. The first-order valence-electron chi connectivity index (χ1n) is 7.24. The van der Waals surface area contributed by atoms with Gasteiger partial charge in [0.2, 0.25) is 0 Å². The summed E-state index contributed by atoms with van der Waals surface area (Å²) in [5, 5.41) is 10.3. The van der Waals surface area contributed by atoms with E-state index in [0.717, 1.165) is 26.7 Å². The van der Waals surface area contributed by atoms with Gasteiger partial charge in [0.15, 0.2) is 0 Å². The third-order valence-electron chi connectivity index (χ3n) is 3.73. The van der Waals surface area contributed by atoms with Gasteiger partial charge in [-0.15, -0.1) is 0 Å². The van der Waals surface area contributed by atoms with E-state index in [1.54, 1.807) is 12.1 Å². The number of aliphatic carboxylic acids is 1. The molecule has 1 aliphatic heterocycles. The summed E-state index contributed by atoms with van der Waals surface area (Å²) < 4.78 is 19.6. The quantitative estimate of drug-likeness (QED) is 0.854. The Kier molecular flexibility index (Phi) is 3.50. The average molecular weight is 338 g/mol. The van der Waals surface area contributed by atoms with Crippen molar-refractivity contribution >= 4 is 39.7 Å². The molecule has 0 radical (unpaired) electrons. The van der Waals surface area contributed by atoms with Crippen molar-refractivity contribution in [2.24, 2.45) is 0 Å². The highest BCUT2D eigenvalue weighted by Gasteiger charge is 2.17. The Morgan fingerprint density at radius 1 is 1.25 bits per heavy atom. The molecule has 24 heavy (non-hydrogen) atoms. The summed E-state index contributed by atoms with van der Waals surface area (Å²) in [4.78, 5) is 12.4. The highest BCUT2D eigenvalue weighted by molar-refractivity contribution is 8.12. The van der Waals surface area contributed by atoms with E-state index >= 15 is 0 Å². The molecule has 1 N–H and O–H groups in total. The van der Waals surface area contributed by atoms with Crippen LogP contribution in [0.25, 0.3) is 22.0 Å². The molecular weight excluding hydrogens is 327 g/mol. The number of carbonyl (C=O) groups is 1. The van der Waals surface area contributed by atoms with E-state index in [4.69, 9.17) is 9.52 Å². The number of benzene rings is 1. The molecule has 0 atom stereocenters. The highest BCUT2D eigenvalue weighted by atomic mass is 32.2. The molecule has 0 spiro atoms. The fourth-order valence-corrected chi connectivity index (χ4v) is 3.78. The maximum atomic E-state index is 13.7. The molecule has 4 rings (SSSR count). The lowest BCUT2D eigenvalue weighted by atomic mass is 10.1. The lowest BCUT2D eigenvalue weighted by molar-refractivity contribution is -0.131. The second kappa shape index (κ2) is 5.69. The van der Waals surface area contributed by atoms with E-state index in [0.29, 0.717) is 16.4 Å². The SMILES string of the molecule is O=C(O)C=CC1=CC=C2C=CC=c3oc4ccc(F)cc4c3=C2S1. The molecule has 0 amide bonds. The summed E-state index contributed by atoms with van der Waals surface area (Å²) in [7, 11) is 0. The normalized spacial score (nSPS) is 16.3. The van der Waals surface area contributed by atoms with E-state index in [9.17, 15) is 9.18 Å². The molecule has 0 bridgehead atoms. The Morgan fingerprint density at radius 3 is 2.96 bits per heavy atom. The fraction of sp³-hybridized carbons (Fsp3) is 0. The van der Waals surface area contributed by atoms with Crippen LogP contribution in [0.5, 0.6) is 0 Å². The van der Waals surface area contributed by atoms with Gasteiger partial charge in [-0.3, -0.25) is 0 Å². The van der Waals surface area contributed by atoms with Crippen molar-refractivity contribution in [3.63, 3.8) is 0 Å². The number of thioether (sulfide) groups is 1. The van der Waals surface area contributed by atoms with Gasteiger partial charge in [-0.05, 0) is 42.0 Å². The van der Waals surface area contributed by atoms with E-state index in [2.05, 4.69) is 0 Å². The molecular formula is C19H11FO3S. The lowest BCUT2D eigenvalue weighted by Gasteiger charge is -2.12. The Morgan fingerprint density at radius 2 is 2.12 bits per heavy atom. The van der Waals surface area contributed by atoms with Gasteiger partial charge in [0.05, 0.1) is 0 Å². The predicted octanol–water partition coefficient (Wildman–Crippen LogP) is 3.23. The number of rotatable bonds is 2. The first-order valence-corrected chi connectivity index (χ1v) is 8.05. The van der Waals surface area contributed by atoms with Crippen LogP contribution in [0.2, 0.25) is 0 Å². The first-order chi connectivity index (χ1) is 11.6. The standard InChI is InChI=1S/C19H11FO3S/c20-12-5-8-15-14(10-12)18-16(23-15)3-1-2-11-4-6-13(24-19(11)18)7-9-17(21)22/h1-10H,(H,21,22). The van der Waals surface area contributed by atoms with Crippen molar-refractivity contribution in [1.82, 2.24) is 0 Å². The largest absolute Gasteiger partial charge is 0.478 e. The topological polar surface area (TPSA) is 50.4 Å². The van der Waals surface area contributed by atoms with Crippen LogP contribution in [0.3, 0.4) is 0 Å². The van der Waals surface area contributed by atoms with E-state index in [-0.39, 0.29) is 5.82 Å². The smallest absolute Gasteiger partial charge is 0.328 e. The van der Waals surface area contributed by atoms with E-state index in [1.807, 2.05) is 30.4 Å². The number of furan rings is 1. The van der Waals surface area contributed by atoms with Crippen LogP contribution in [-0.2, 0) is 4.79 Å². The van der Waals surface area contributed by atoms with Crippen LogP contribution in [0.1, 0.15) is 0 Å². The van der Waals surface area contributed by atoms with Crippen molar-refractivity contribution in [1.29, 1.82) is 0 Å². The highest BCUT2D eigenvalue weighted by Crippen LogP contribution is 2.37. The minimum Gasteiger partial charge on any atom is -0.478 e. The van der Waals surface area contributed by atoms with Gasteiger partial charge in [0, 0.05) is 26.5 Å². The zero-order chi connectivity index (χ0) is 16.7. The van der Waals surface area contributed by atoms with E-state index < -0.39 is 5.97 Å². The van der Waals surface area contributed by atoms with Gasteiger partial charge in [-0.1, -0.05) is 30.0 Å². The number of carboxylic acids is 1. The van der Waals surface area contributed by atoms with Gasteiger partial charge in [-0.25, -0.2) is 9.18 Å². The molecule has 118 valence electrons. The third kappa shape index (κ3) is 2.53. The molecule has 3 nitrogen and oxygen atoms in total. The summed E-state index contributed by atoms with van der Waals surface area (Å²) in [5.41, 5.74) is 2.27. The van der Waals surface area contributed by atoms with Crippen molar-refractivity contribution in [3.05, 3.63) is 81.6 Å². The van der Waals surface area contributed by atoms with Crippen molar-refractivity contribution in [2.45, 2.75) is 0 Å². The molecule has 2 heterocycles. The summed E-state index contributed by atoms with van der Waals surface area (Å²) in [6, 6.07) is 4.46. The molecule has 0 saturated carbocycles. The first kappa shape index (κ1) is 14.8. The maximum Gasteiger partial charge on any atom is 0.328 e. The number of allylic oxidation sites excluding steroid dienone is 5. The van der Waals surface area contributed by atoms with Crippen LogP contribution in [0.15, 0.2) is 69.6 Å². The van der Waals surface area contributed by atoms with Crippen LogP contribution in [0, 0.1) is 5.82 Å². The Labute approximate surface area is 140 Å². The van der Waals surface area contributed by atoms with Crippen LogP contribution in [-0.4, -0.2) is 11.1 Å². The number of fused-ring (bicyclic) bond motifs is 4. The Balaban J connectivity index is 2.00. The molecule has 1 aromatic heterocycles. The zero-order valence-corrected chi connectivity index (χ0v) is 13.1. The molecule has 1 aliphatic carbocycles. The molecule has 2 aromatic rings. The minimum atomic E-state index is -0.998. The fourth-order valence-electron chi connectivity index (χ4n) is 2.71. The third-order valence-corrected chi connectivity index (χ3v) is 4.88. The molecule has 0 fully saturated rings. The second-order valence-electron chi connectivity index (χ2n) is 5.30. The minimum absolute atomic E-state index is 0.322. The molecule has 1 aromatic carbocycles. The van der Waals surface area contributed by atoms with Gasteiger partial charge in [-0.2, -0.15) is 0 Å². The van der Waals surface area contributed by atoms with Crippen LogP contribution in [0.4, 0.5) is 4.39 Å². The molecule has 0 saturated heterocycles. The summed E-state index contributed by atoms with van der Waals surface area (Å²) >= 11 is 1.44. The van der Waals surface area contributed by atoms with Crippen molar-refractivity contribution in [3.8, 4) is 0 Å². The number of carboxylic acid groups (broad SMARTS) is 1. The van der Waals surface area contributed by atoms with E-state index in [1.165, 1.54) is 23.9 Å². The molecule has 5 heteroatoms. The molecule has 2 aliphatic rings.